The number of rotatable bonds is 9. The van der Waals surface area contributed by atoms with E-state index in [1.165, 1.54) is 6.92 Å². The predicted molar refractivity (Wildman–Crippen MR) is 198 cm³/mol. The lowest BCUT2D eigenvalue weighted by Crippen LogP contribution is -2.74. The van der Waals surface area contributed by atoms with Gasteiger partial charge < -0.3 is 43.4 Å². The largest absolute Gasteiger partial charge is 0.541 e. The van der Waals surface area contributed by atoms with Gasteiger partial charge in [-0.15, -0.1) is 0 Å². The van der Waals surface area contributed by atoms with E-state index in [1.807, 2.05) is 13.1 Å². The number of nitrogens with one attached hydrogen (secondary N) is 1. The maximum Gasteiger partial charge on any atom is 0.509 e. The number of benzene rings is 1. The second-order valence-corrected chi connectivity index (χ2v) is 23.2. The van der Waals surface area contributed by atoms with Crippen molar-refractivity contribution in [2.75, 3.05) is 13.6 Å². The smallest absolute Gasteiger partial charge is 0.509 e. The number of ether oxygens (including phenoxy) is 5. The average Bonchev–Trinajstić information content (AvgIpc) is 3.34. The van der Waals surface area contributed by atoms with E-state index in [0.717, 1.165) is 11.1 Å². The number of aliphatic hydroxyl groups is 1. The van der Waals surface area contributed by atoms with Crippen LogP contribution in [-0.2, 0) is 45.2 Å². The van der Waals surface area contributed by atoms with E-state index in [0.29, 0.717) is 30.9 Å². The minimum Gasteiger partial charge on any atom is -0.541 e. The third kappa shape index (κ3) is 7.68. The predicted octanol–water partition coefficient (Wildman–Crippen LogP) is 5.45. The highest BCUT2D eigenvalue weighted by atomic mass is 28.4. The van der Waals surface area contributed by atoms with Crippen molar-refractivity contribution in [3.05, 3.63) is 35.1 Å². The number of carbonyl (C=O) groups excluding carboxylic acids is 4. The Morgan fingerprint density at radius 1 is 1.04 bits per heavy atom. The van der Waals surface area contributed by atoms with E-state index in [1.54, 1.807) is 47.6 Å². The van der Waals surface area contributed by atoms with E-state index in [9.17, 15) is 24.3 Å². The van der Waals surface area contributed by atoms with Gasteiger partial charge in [0.1, 0.15) is 28.8 Å². The van der Waals surface area contributed by atoms with Crippen LogP contribution in [0.3, 0.4) is 0 Å². The molecule has 1 fully saturated rings. The van der Waals surface area contributed by atoms with Crippen molar-refractivity contribution in [2.45, 2.75) is 160 Å². The first kappa shape index (κ1) is 40.6. The van der Waals surface area contributed by atoms with Crippen LogP contribution in [-0.4, -0.2) is 97.0 Å². The van der Waals surface area contributed by atoms with Gasteiger partial charge in [-0.2, -0.15) is 0 Å². The molecule has 2 N–H and O–H groups in total. The van der Waals surface area contributed by atoms with Crippen LogP contribution < -0.4 is 14.5 Å². The Morgan fingerprint density at radius 3 is 2.28 bits per heavy atom. The summed E-state index contributed by atoms with van der Waals surface area (Å²) in [7, 11) is -0.283. The normalized spacial score (nSPS) is 26.2. The van der Waals surface area contributed by atoms with Gasteiger partial charge in [-0.1, -0.05) is 26.8 Å². The molecule has 13 nitrogen and oxygen atoms in total. The Morgan fingerprint density at radius 2 is 1.68 bits per heavy atom. The van der Waals surface area contributed by atoms with Crippen LogP contribution in [0.2, 0.25) is 18.1 Å². The molecule has 1 spiro atoms. The number of nitrogens with zero attached hydrogens (tertiary/aromatic N) is 1. The molecule has 53 heavy (non-hydrogen) atoms. The second-order valence-electron chi connectivity index (χ2n) is 18.5. The first-order valence-corrected chi connectivity index (χ1v) is 21.4. The van der Waals surface area contributed by atoms with E-state index < -0.39 is 79.2 Å². The molecule has 2 aliphatic heterocycles. The second kappa shape index (κ2) is 13.6. The van der Waals surface area contributed by atoms with Crippen molar-refractivity contribution in [2.24, 2.45) is 0 Å². The Hall–Kier alpha value is -3.62. The van der Waals surface area contributed by atoms with Gasteiger partial charge in [-0.3, -0.25) is 9.59 Å². The average molecular weight is 759 g/mol. The highest BCUT2D eigenvalue weighted by molar-refractivity contribution is 6.74. The Balaban J connectivity index is 1.40. The molecule has 1 aromatic rings. The summed E-state index contributed by atoms with van der Waals surface area (Å²) in [6, 6.07) is 2.61. The molecular formula is C39H58N2O11Si. The zero-order valence-corrected chi connectivity index (χ0v) is 34.6. The highest BCUT2D eigenvalue weighted by Gasteiger charge is 2.72. The summed E-state index contributed by atoms with van der Waals surface area (Å²) in [5.74, 6) is -1.07. The van der Waals surface area contributed by atoms with E-state index >= 15 is 0 Å². The number of esters is 2. The molecule has 2 bridgehead atoms. The molecule has 0 saturated carbocycles. The van der Waals surface area contributed by atoms with E-state index in [4.69, 9.17) is 28.1 Å². The number of likely N-dealkylation sites (N-methyl/N-ethyl adjacent to an activating group) is 1. The monoisotopic (exact) mass is 758 g/mol. The fraction of sp³-hybridized carbons (Fsp3) is 0.692. The van der Waals surface area contributed by atoms with Gasteiger partial charge in [0.25, 0.3) is 14.2 Å². The first-order valence-electron chi connectivity index (χ1n) is 18.5. The summed E-state index contributed by atoms with van der Waals surface area (Å²) in [6.07, 6.45) is -1.13. The molecule has 294 valence electrons. The SMILES string of the molecule is C[C@H](NC(=O)C(CC(=O)OC(C)(C)C)OC(=O)OC(C)(C)C)C(=O)OC1=CC[C@@]2(O)[C@H]3Cc4ccc(O[Si](C)(C)C(C)(C)C)c5c4[C@@]2(CCN3C)[C@H]1O5. The number of piperidine rings is 1. The van der Waals surface area contributed by atoms with Crippen LogP contribution in [0.1, 0.15) is 99.6 Å². The quantitative estimate of drug-likeness (QED) is 0.187. The molecule has 0 radical (unpaired) electrons. The van der Waals surface area contributed by atoms with Crippen LogP contribution >= 0.6 is 0 Å². The maximum absolute atomic E-state index is 13.7. The Kier molecular flexibility index (Phi) is 10.4. The molecule has 1 amide bonds. The molecule has 14 heteroatoms. The lowest BCUT2D eigenvalue weighted by Gasteiger charge is -2.61. The molecule has 1 saturated heterocycles. The number of hydrogen-bond donors (Lipinski definition) is 2. The van der Waals surface area contributed by atoms with Gasteiger partial charge in [0.05, 0.1) is 17.4 Å². The minimum absolute atomic E-state index is 0.0797. The Labute approximate surface area is 314 Å². The fourth-order valence-electron chi connectivity index (χ4n) is 7.62. The van der Waals surface area contributed by atoms with Gasteiger partial charge in [-0.05, 0) is 111 Å². The third-order valence-electron chi connectivity index (χ3n) is 11.1. The van der Waals surface area contributed by atoms with Gasteiger partial charge in [0.15, 0.2) is 18.0 Å². The van der Waals surface area contributed by atoms with Gasteiger partial charge in [0.2, 0.25) is 0 Å². The van der Waals surface area contributed by atoms with Crippen molar-refractivity contribution in [1.29, 1.82) is 0 Å². The molecule has 0 aromatic heterocycles. The summed E-state index contributed by atoms with van der Waals surface area (Å²) in [5, 5.41) is 15.1. The number of amides is 1. The minimum atomic E-state index is -2.30. The molecular weight excluding hydrogens is 701 g/mol. The summed E-state index contributed by atoms with van der Waals surface area (Å²) in [4.78, 5) is 54.6. The molecule has 2 heterocycles. The van der Waals surface area contributed by atoms with Gasteiger partial charge >= 0.3 is 18.1 Å². The molecule has 1 aromatic carbocycles. The summed E-state index contributed by atoms with van der Waals surface area (Å²) >= 11 is 0. The van der Waals surface area contributed by atoms with Crippen molar-refractivity contribution in [1.82, 2.24) is 10.2 Å². The van der Waals surface area contributed by atoms with Crippen LogP contribution in [0.25, 0.3) is 0 Å². The van der Waals surface area contributed by atoms with Crippen molar-refractivity contribution in [3.8, 4) is 11.5 Å². The molecule has 6 atom stereocenters. The van der Waals surface area contributed by atoms with Crippen LogP contribution in [0, 0.1) is 0 Å². The number of likely N-dealkylation sites (tertiary alicyclic amines) is 1. The lowest BCUT2D eigenvalue weighted by atomic mass is 9.50. The van der Waals surface area contributed by atoms with Crippen LogP contribution in [0.5, 0.6) is 11.5 Å². The molecule has 5 rings (SSSR count). The topological polar surface area (TPSA) is 159 Å². The van der Waals surface area contributed by atoms with Crippen LogP contribution in [0.15, 0.2) is 24.0 Å². The van der Waals surface area contributed by atoms with Crippen molar-refractivity contribution in [3.63, 3.8) is 0 Å². The standard InChI is InChI=1S/C39H58N2O11Si/c1-22(40-32(43)26(21-28(42)50-35(2,3)4)48-34(45)51-36(5,6)7)33(44)47-25-16-17-39(46)27-20-23-14-15-24(52-53(12,13)37(8,9)10)30-29(23)38(39,31(25)49-30)18-19-41(27)11/h14-16,22,26-27,31,46H,17-21H2,1-13H3,(H,40,43)/t22-,26?,27+,31-,38-,39+/m0/s1. The molecule has 4 aliphatic rings. The third-order valence-corrected chi connectivity index (χ3v) is 15.5. The lowest BCUT2D eigenvalue weighted by molar-refractivity contribution is -0.170. The van der Waals surface area contributed by atoms with E-state index in [2.05, 4.69) is 50.1 Å². The first-order chi connectivity index (χ1) is 24.2. The maximum atomic E-state index is 13.7. The summed E-state index contributed by atoms with van der Waals surface area (Å²) < 4.78 is 35.5. The van der Waals surface area contributed by atoms with Crippen LogP contribution in [0.4, 0.5) is 4.79 Å². The molecule has 2 aliphatic carbocycles. The number of hydrogen-bond acceptors (Lipinski definition) is 12. The number of carbonyl (C=O) groups is 4. The van der Waals surface area contributed by atoms with E-state index in [-0.39, 0.29) is 23.3 Å². The van der Waals surface area contributed by atoms with Crippen molar-refractivity contribution < 1.29 is 52.4 Å². The van der Waals surface area contributed by atoms with Gasteiger partial charge in [0, 0.05) is 18.0 Å². The van der Waals surface area contributed by atoms with Gasteiger partial charge in [-0.25, -0.2) is 9.59 Å². The summed E-state index contributed by atoms with van der Waals surface area (Å²) in [5.41, 5.74) is -1.91. The Bertz CT molecular complexity index is 1660. The van der Waals surface area contributed by atoms with Crippen molar-refractivity contribution >= 4 is 32.3 Å². The summed E-state index contributed by atoms with van der Waals surface area (Å²) in [6.45, 7) is 22.9. The fourth-order valence-corrected chi connectivity index (χ4v) is 8.63. The molecule has 1 unspecified atom stereocenters. The zero-order valence-electron chi connectivity index (χ0n) is 33.6. The zero-order chi connectivity index (χ0) is 39.7. The highest BCUT2D eigenvalue weighted by Crippen LogP contribution is 2.65.